The Morgan fingerprint density at radius 3 is 2.63 bits per heavy atom. The number of benzene rings is 2. The van der Waals surface area contributed by atoms with Crippen LogP contribution < -0.4 is 5.32 Å². The molecule has 0 spiro atoms. The van der Waals surface area contributed by atoms with Crippen LogP contribution in [0.1, 0.15) is 15.9 Å². The molecule has 0 heterocycles. The van der Waals surface area contributed by atoms with Crippen LogP contribution in [-0.2, 0) is 0 Å². The Morgan fingerprint density at radius 2 is 1.89 bits per heavy atom. The minimum absolute atomic E-state index is 0.197. The molecule has 0 saturated carbocycles. The zero-order valence-electron chi connectivity index (χ0n) is 9.65. The zero-order valence-corrected chi connectivity index (χ0v) is 9.65. The second kappa shape index (κ2) is 5.27. The summed E-state index contributed by atoms with van der Waals surface area (Å²) in [6.07, 6.45) is 0. The van der Waals surface area contributed by atoms with Crippen molar-refractivity contribution in [3.63, 3.8) is 0 Å². The molecule has 1 amide bonds. The molecule has 2 aromatic rings. The number of rotatable bonds is 2. The molecule has 2 aromatic carbocycles. The molecule has 5 heteroatoms. The molecule has 0 aliphatic heterocycles. The van der Waals surface area contributed by atoms with Gasteiger partial charge in [-0.15, -0.1) is 0 Å². The van der Waals surface area contributed by atoms with Crippen molar-refractivity contribution >= 4 is 11.6 Å². The van der Waals surface area contributed by atoms with E-state index in [2.05, 4.69) is 5.32 Å². The van der Waals surface area contributed by atoms with Crippen LogP contribution in [0.4, 0.5) is 14.5 Å². The second-order valence-electron chi connectivity index (χ2n) is 3.75. The van der Waals surface area contributed by atoms with E-state index in [9.17, 15) is 13.6 Å². The lowest BCUT2D eigenvalue weighted by molar-refractivity contribution is 0.102. The van der Waals surface area contributed by atoms with Gasteiger partial charge >= 0.3 is 0 Å². The van der Waals surface area contributed by atoms with Crippen molar-refractivity contribution < 1.29 is 13.6 Å². The van der Waals surface area contributed by atoms with E-state index in [1.165, 1.54) is 30.3 Å². The minimum atomic E-state index is -1.12. The van der Waals surface area contributed by atoms with Crippen molar-refractivity contribution in [3.05, 3.63) is 65.2 Å². The van der Waals surface area contributed by atoms with Crippen molar-refractivity contribution in [1.82, 2.24) is 0 Å². The first-order valence-corrected chi connectivity index (χ1v) is 5.37. The Morgan fingerprint density at radius 1 is 1.16 bits per heavy atom. The highest BCUT2D eigenvalue weighted by Gasteiger charge is 2.12. The molecule has 0 bridgehead atoms. The van der Waals surface area contributed by atoms with E-state index >= 15 is 0 Å². The first-order chi connectivity index (χ1) is 9.11. The summed E-state index contributed by atoms with van der Waals surface area (Å²) in [6.45, 7) is 0. The van der Waals surface area contributed by atoms with Crippen molar-refractivity contribution in [2.24, 2.45) is 0 Å². The smallest absolute Gasteiger partial charge is 0.255 e. The maximum absolute atomic E-state index is 13.4. The lowest BCUT2D eigenvalue weighted by Gasteiger charge is -2.06. The van der Waals surface area contributed by atoms with E-state index < -0.39 is 17.5 Å². The highest BCUT2D eigenvalue weighted by Crippen LogP contribution is 2.17. The molecule has 0 unspecified atom stereocenters. The van der Waals surface area contributed by atoms with E-state index in [-0.39, 0.29) is 11.3 Å². The molecule has 2 rings (SSSR count). The molecule has 1 N–H and O–H groups in total. The molecular weight excluding hydrogens is 250 g/mol. The number of nitriles is 1. The lowest BCUT2D eigenvalue weighted by atomic mass is 10.1. The van der Waals surface area contributed by atoms with E-state index in [0.717, 1.165) is 6.07 Å². The van der Waals surface area contributed by atoms with Gasteiger partial charge in [-0.3, -0.25) is 4.79 Å². The third-order valence-corrected chi connectivity index (χ3v) is 2.45. The first-order valence-electron chi connectivity index (χ1n) is 5.37. The summed E-state index contributed by atoms with van der Waals surface area (Å²) in [7, 11) is 0. The maximum atomic E-state index is 13.4. The molecule has 0 radical (unpaired) electrons. The van der Waals surface area contributed by atoms with Crippen LogP contribution in [0.3, 0.4) is 0 Å². The number of nitrogens with zero attached hydrogens (tertiary/aromatic N) is 1. The van der Waals surface area contributed by atoms with Crippen LogP contribution >= 0.6 is 0 Å². The largest absolute Gasteiger partial charge is 0.319 e. The molecule has 0 atom stereocenters. The fourth-order valence-corrected chi connectivity index (χ4v) is 1.52. The van der Waals surface area contributed by atoms with E-state index in [4.69, 9.17) is 5.26 Å². The standard InChI is InChI=1S/C14H8F2N2O/c15-11-5-2-6-12(13(11)16)18-14(19)10-4-1-3-9(7-10)8-17/h1-7H,(H,18,19). The predicted octanol–water partition coefficient (Wildman–Crippen LogP) is 3.09. The highest BCUT2D eigenvalue weighted by molar-refractivity contribution is 6.04. The predicted molar refractivity (Wildman–Crippen MR) is 65.5 cm³/mol. The molecule has 94 valence electrons. The Bertz CT molecular complexity index is 677. The number of halogens is 2. The normalized spacial score (nSPS) is 9.74. The van der Waals surface area contributed by atoms with Crippen LogP contribution in [0.25, 0.3) is 0 Å². The van der Waals surface area contributed by atoms with E-state index in [0.29, 0.717) is 5.56 Å². The summed E-state index contributed by atoms with van der Waals surface area (Å²) < 4.78 is 26.4. The SMILES string of the molecule is N#Cc1cccc(C(=O)Nc2cccc(F)c2F)c1. The van der Waals surface area contributed by atoms with E-state index in [1.807, 2.05) is 6.07 Å². The average Bonchev–Trinajstić information content (AvgIpc) is 2.44. The Hall–Kier alpha value is -2.74. The van der Waals surface area contributed by atoms with Gasteiger partial charge in [0.2, 0.25) is 0 Å². The van der Waals surface area contributed by atoms with Crippen molar-refractivity contribution in [2.75, 3.05) is 5.32 Å². The van der Waals surface area contributed by atoms with Crippen LogP contribution in [-0.4, -0.2) is 5.91 Å². The first kappa shape index (κ1) is 12.7. The molecule has 0 aliphatic carbocycles. The number of hydrogen-bond acceptors (Lipinski definition) is 2. The summed E-state index contributed by atoms with van der Waals surface area (Å²) >= 11 is 0. The fourth-order valence-electron chi connectivity index (χ4n) is 1.52. The monoisotopic (exact) mass is 258 g/mol. The van der Waals surface area contributed by atoms with Crippen molar-refractivity contribution in [1.29, 1.82) is 5.26 Å². The number of amides is 1. The van der Waals surface area contributed by atoms with Gasteiger partial charge in [-0.05, 0) is 30.3 Å². The third kappa shape index (κ3) is 2.75. The van der Waals surface area contributed by atoms with Crippen LogP contribution in [0.2, 0.25) is 0 Å². The van der Waals surface area contributed by atoms with Gasteiger partial charge in [0, 0.05) is 5.56 Å². The summed E-state index contributed by atoms with van der Waals surface area (Å²) in [4.78, 5) is 11.8. The molecule has 0 fully saturated rings. The number of nitrogens with one attached hydrogen (secondary N) is 1. The van der Waals surface area contributed by atoms with Gasteiger partial charge in [0.25, 0.3) is 5.91 Å². The second-order valence-corrected chi connectivity index (χ2v) is 3.75. The topological polar surface area (TPSA) is 52.9 Å². The van der Waals surface area contributed by atoms with Crippen LogP contribution in [0, 0.1) is 23.0 Å². The van der Waals surface area contributed by atoms with Gasteiger partial charge in [0.05, 0.1) is 17.3 Å². The Balaban J connectivity index is 2.26. The third-order valence-electron chi connectivity index (χ3n) is 2.45. The van der Waals surface area contributed by atoms with E-state index in [1.54, 1.807) is 6.07 Å². The average molecular weight is 258 g/mol. The molecule has 19 heavy (non-hydrogen) atoms. The van der Waals surface area contributed by atoms with Gasteiger partial charge in [-0.1, -0.05) is 12.1 Å². The number of carbonyl (C=O) groups excluding carboxylic acids is 1. The molecule has 0 aliphatic rings. The maximum Gasteiger partial charge on any atom is 0.255 e. The lowest BCUT2D eigenvalue weighted by Crippen LogP contribution is -2.13. The summed E-state index contributed by atoms with van der Waals surface area (Å²) in [5.41, 5.74) is 0.266. The minimum Gasteiger partial charge on any atom is -0.319 e. The van der Waals surface area contributed by atoms with Crippen LogP contribution in [0.15, 0.2) is 42.5 Å². The summed E-state index contributed by atoms with van der Waals surface area (Å²) in [5, 5.41) is 11.0. The Labute approximate surface area is 108 Å². The summed E-state index contributed by atoms with van der Waals surface area (Å²) in [6, 6.07) is 11.3. The number of carbonyl (C=O) groups is 1. The van der Waals surface area contributed by atoms with Crippen molar-refractivity contribution in [3.8, 4) is 6.07 Å². The summed E-state index contributed by atoms with van der Waals surface area (Å²) in [5.74, 6) is -2.77. The molecule has 0 saturated heterocycles. The van der Waals surface area contributed by atoms with Gasteiger partial charge in [-0.2, -0.15) is 5.26 Å². The molecular formula is C14H8F2N2O. The van der Waals surface area contributed by atoms with Gasteiger partial charge in [-0.25, -0.2) is 8.78 Å². The Kier molecular flexibility index (Phi) is 3.53. The highest BCUT2D eigenvalue weighted by atomic mass is 19.2. The van der Waals surface area contributed by atoms with Gasteiger partial charge in [0.1, 0.15) is 0 Å². The molecule has 3 nitrogen and oxygen atoms in total. The quantitative estimate of drug-likeness (QED) is 0.899. The van der Waals surface area contributed by atoms with Gasteiger partial charge < -0.3 is 5.32 Å². The molecule has 0 aromatic heterocycles. The number of hydrogen-bond donors (Lipinski definition) is 1. The van der Waals surface area contributed by atoms with Gasteiger partial charge in [0.15, 0.2) is 11.6 Å². The number of anilines is 1. The van der Waals surface area contributed by atoms with Crippen molar-refractivity contribution in [2.45, 2.75) is 0 Å². The zero-order chi connectivity index (χ0) is 13.8. The fraction of sp³-hybridized carbons (Fsp3) is 0. The van der Waals surface area contributed by atoms with Crippen LogP contribution in [0.5, 0.6) is 0 Å².